The van der Waals surface area contributed by atoms with E-state index in [0.717, 1.165) is 0 Å². The molecule has 69 heavy (non-hydrogen) atoms. The van der Waals surface area contributed by atoms with Crippen LogP contribution in [-0.4, -0.2) is 145 Å². The molecule has 0 heterocycles. The van der Waals surface area contributed by atoms with Crippen LogP contribution < -0.4 is 21.3 Å². The molecule has 0 aromatic heterocycles. The van der Waals surface area contributed by atoms with Gasteiger partial charge in [0.1, 0.15) is 0 Å². The lowest BCUT2D eigenvalue weighted by Gasteiger charge is -2.39. The van der Waals surface area contributed by atoms with Crippen LogP contribution in [-0.2, 0) is 62.3 Å². The summed E-state index contributed by atoms with van der Waals surface area (Å²) in [6, 6.07) is 0. The van der Waals surface area contributed by atoms with Gasteiger partial charge in [0.25, 0.3) is 0 Å². The average Bonchev–Trinajstić information content (AvgIpc) is 3.25. The first-order chi connectivity index (χ1) is 32.0. The summed E-state index contributed by atoms with van der Waals surface area (Å²) in [7, 11) is 0. The van der Waals surface area contributed by atoms with Gasteiger partial charge >= 0.3 is 53.7 Å². The first kappa shape index (κ1) is 62.1. The van der Waals surface area contributed by atoms with Crippen molar-refractivity contribution in [2.45, 2.75) is 190 Å². The minimum atomic E-state index is -1.78. The van der Waals surface area contributed by atoms with Gasteiger partial charge in [-0.25, -0.2) is 0 Å². The number of amides is 4. The third kappa shape index (κ3) is 28.1. The Morgan fingerprint density at radius 1 is 0.246 bits per heavy atom. The van der Waals surface area contributed by atoms with E-state index in [0.29, 0.717) is 0 Å². The van der Waals surface area contributed by atoms with Gasteiger partial charge in [-0.3, -0.25) is 62.3 Å². The van der Waals surface area contributed by atoms with E-state index in [4.69, 9.17) is 0 Å². The standard InChI is InChI=1S/C43H66N4O22/c1-2-27(48)44-40(15-3-28(49)45-41(18-6-31(52)53,19-7-32(54)55)20-8-33(56)57,16-4-29(50)46-42(21-9-34(58)59,22-10-35(60)61)23-11-36(62)63)17-5-30(51)47-43(24-12-37(64)65,25-13-38(66)67)26-14-39(68)69/h2-26H2,1H3,(H,44,48)(H,45,49)(H,46,50)(H,47,51)(H,52,53)(H,54,55)(H,56,57)(H,58,59)(H,60,61)(H,62,63)(H,64,65)(H,66,67)(H,68,69). The number of aliphatic carboxylic acids is 9. The molecule has 0 saturated heterocycles. The second-order valence-corrected chi connectivity index (χ2v) is 17.2. The maximum atomic E-state index is 13.9. The molecule has 0 aliphatic rings. The van der Waals surface area contributed by atoms with Crippen LogP contribution in [0, 0.1) is 0 Å². The Labute approximate surface area is 396 Å². The highest BCUT2D eigenvalue weighted by atomic mass is 16.4. The number of hydrogen-bond donors (Lipinski definition) is 13. The van der Waals surface area contributed by atoms with E-state index in [1.54, 1.807) is 0 Å². The summed E-state index contributed by atoms with van der Waals surface area (Å²) in [5.74, 6) is -15.6. The molecule has 0 bridgehead atoms. The number of carboxylic acids is 9. The highest BCUT2D eigenvalue weighted by Gasteiger charge is 2.40. The van der Waals surface area contributed by atoms with Crippen molar-refractivity contribution in [2.75, 3.05) is 0 Å². The first-order valence-electron chi connectivity index (χ1n) is 22.2. The number of rotatable bonds is 41. The predicted octanol–water partition coefficient (Wildman–Crippen LogP) is 1.94. The van der Waals surface area contributed by atoms with Gasteiger partial charge in [-0.05, 0) is 77.0 Å². The molecule has 0 aliphatic heterocycles. The summed E-state index contributed by atoms with van der Waals surface area (Å²) in [6.45, 7) is 1.43. The van der Waals surface area contributed by atoms with Crippen molar-refractivity contribution in [2.24, 2.45) is 0 Å². The zero-order chi connectivity index (χ0) is 53.0. The number of carbonyl (C=O) groups excluding carboxylic acids is 4. The fourth-order valence-corrected chi connectivity index (χ4v) is 7.88. The molecule has 26 heteroatoms. The van der Waals surface area contributed by atoms with Crippen molar-refractivity contribution < 1.29 is 108 Å². The van der Waals surface area contributed by atoms with Crippen LogP contribution in [0.25, 0.3) is 0 Å². The summed E-state index contributed by atoms with van der Waals surface area (Å²) < 4.78 is 0. The Morgan fingerprint density at radius 3 is 0.507 bits per heavy atom. The van der Waals surface area contributed by atoms with Crippen LogP contribution >= 0.6 is 0 Å². The smallest absolute Gasteiger partial charge is 0.303 e. The highest BCUT2D eigenvalue weighted by molar-refractivity contribution is 5.81. The van der Waals surface area contributed by atoms with Crippen LogP contribution in [0.3, 0.4) is 0 Å². The molecule has 0 spiro atoms. The molecule has 0 aromatic rings. The number of hydrogen-bond acceptors (Lipinski definition) is 13. The molecule has 0 radical (unpaired) electrons. The molecule has 13 N–H and O–H groups in total. The van der Waals surface area contributed by atoms with E-state index >= 15 is 0 Å². The van der Waals surface area contributed by atoms with Crippen molar-refractivity contribution in [3.8, 4) is 0 Å². The third-order valence-electron chi connectivity index (χ3n) is 11.8. The minimum Gasteiger partial charge on any atom is -0.481 e. The van der Waals surface area contributed by atoms with E-state index in [1.165, 1.54) is 6.92 Å². The molecule has 0 saturated carbocycles. The number of nitrogens with one attached hydrogen (secondary N) is 4. The second kappa shape index (κ2) is 30.5. The van der Waals surface area contributed by atoms with Gasteiger partial charge < -0.3 is 67.2 Å². The zero-order valence-electron chi connectivity index (χ0n) is 38.5. The molecule has 0 aromatic carbocycles. The number of carbonyl (C=O) groups is 13. The molecule has 0 aliphatic carbocycles. The van der Waals surface area contributed by atoms with Crippen LogP contribution in [0.4, 0.5) is 0 Å². The Hall–Kier alpha value is -6.89. The summed E-state index contributed by atoms with van der Waals surface area (Å²) in [6.07, 6.45) is -12.8. The lowest BCUT2D eigenvalue weighted by molar-refractivity contribution is -0.141. The maximum absolute atomic E-state index is 13.9. The van der Waals surface area contributed by atoms with E-state index in [1.807, 2.05) is 0 Å². The van der Waals surface area contributed by atoms with Gasteiger partial charge in [0.05, 0.1) is 0 Å². The molecular formula is C43H66N4O22. The summed E-state index contributed by atoms with van der Waals surface area (Å²) >= 11 is 0. The number of carboxylic acid groups (broad SMARTS) is 9. The van der Waals surface area contributed by atoms with Gasteiger partial charge in [0, 0.05) is 106 Å². The van der Waals surface area contributed by atoms with Crippen LogP contribution in [0.1, 0.15) is 167 Å². The third-order valence-corrected chi connectivity index (χ3v) is 11.8. The second-order valence-electron chi connectivity index (χ2n) is 17.2. The van der Waals surface area contributed by atoms with Gasteiger partial charge in [0.15, 0.2) is 0 Å². The van der Waals surface area contributed by atoms with Gasteiger partial charge in [0.2, 0.25) is 23.6 Å². The van der Waals surface area contributed by atoms with Crippen LogP contribution in [0.2, 0.25) is 0 Å². The van der Waals surface area contributed by atoms with Crippen LogP contribution in [0.15, 0.2) is 0 Å². The van der Waals surface area contributed by atoms with Gasteiger partial charge in [-0.1, -0.05) is 6.92 Å². The predicted molar refractivity (Wildman–Crippen MR) is 233 cm³/mol. The summed E-state index contributed by atoms with van der Waals surface area (Å²) in [5, 5.41) is 95.5. The Kier molecular flexibility index (Phi) is 27.4. The minimum absolute atomic E-state index is 0.222. The van der Waals surface area contributed by atoms with E-state index < -0.39 is 254 Å². The van der Waals surface area contributed by atoms with Gasteiger partial charge in [-0.2, -0.15) is 0 Å². The molecule has 0 fully saturated rings. The zero-order valence-corrected chi connectivity index (χ0v) is 38.5. The quantitative estimate of drug-likeness (QED) is 0.0416. The monoisotopic (exact) mass is 990 g/mol. The topological polar surface area (TPSA) is 452 Å². The normalized spacial score (nSPS) is 11.7. The molecule has 0 unspecified atom stereocenters. The lowest BCUT2D eigenvalue weighted by atomic mass is 9.80. The lowest BCUT2D eigenvalue weighted by Crippen LogP contribution is -2.54. The van der Waals surface area contributed by atoms with Crippen LogP contribution in [0.5, 0.6) is 0 Å². The first-order valence-corrected chi connectivity index (χ1v) is 22.2. The Bertz CT molecular complexity index is 1540. The molecule has 26 nitrogen and oxygen atoms in total. The Balaban J connectivity index is 7.49. The summed E-state index contributed by atoms with van der Waals surface area (Å²) in [4.78, 5) is 159. The molecule has 0 rings (SSSR count). The highest BCUT2D eigenvalue weighted by Crippen LogP contribution is 2.32. The fraction of sp³-hybridized carbons (Fsp3) is 0.698. The van der Waals surface area contributed by atoms with Crippen molar-refractivity contribution in [3.63, 3.8) is 0 Å². The molecule has 4 amide bonds. The van der Waals surface area contributed by atoms with Crippen molar-refractivity contribution in [1.29, 1.82) is 0 Å². The Morgan fingerprint density at radius 2 is 0.377 bits per heavy atom. The molecule has 0 atom stereocenters. The van der Waals surface area contributed by atoms with Crippen molar-refractivity contribution in [3.05, 3.63) is 0 Å². The SMILES string of the molecule is CCC(=O)NC(CCC(=O)NC(CCC(=O)O)(CCC(=O)O)CCC(=O)O)(CCC(=O)NC(CCC(=O)O)(CCC(=O)O)CCC(=O)O)CCC(=O)NC(CCC(=O)O)(CCC(=O)O)CCC(=O)O. The van der Waals surface area contributed by atoms with E-state index in [2.05, 4.69) is 21.3 Å². The van der Waals surface area contributed by atoms with Crippen molar-refractivity contribution in [1.82, 2.24) is 21.3 Å². The van der Waals surface area contributed by atoms with E-state index in [-0.39, 0.29) is 6.42 Å². The van der Waals surface area contributed by atoms with Gasteiger partial charge in [-0.15, -0.1) is 0 Å². The van der Waals surface area contributed by atoms with Crippen molar-refractivity contribution >= 4 is 77.4 Å². The average molecular weight is 991 g/mol. The van der Waals surface area contributed by atoms with E-state index in [9.17, 15) is 108 Å². The fourth-order valence-electron chi connectivity index (χ4n) is 7.88. The molecule has 390 valence electrons. The summed E-state index contributed by atoms with van der Waals surface area (Å²) in [5.41, 5.74) is -6.87. The molecular weight excluding hydrogens is 924 g/mol. The largest absolute Gasteiger partial charge is 0.481 e. The maximum Gasteiger partial charge on any atom is 0.303 e.